The molecule has 1 aliphatic rings. The lowest BCUT2D eigenvalue weighted by Crippen LogP contribution is -2.39. The summed E-state index contributed by atoms with van der Waals surface area (Å²) >= 11 is 0. The molecule has 10 heteroatoms. The maximum Gasteiger partial charge on any atom is 0.243 e. The lowest BCUT2D eigenvalue weighted by atomic mass is 10.1. The summed E-state index contributed by atoms with van der Waals surface area (Å²) in [5.74, 6) is 0.118. The number of piperidine rings is 1. The average molecular weight is 437 g/mol. The van der Waals surface area contributed by atoms with Crippen LogP contribution in [0.1, 0.15) is 12.8 Å². The molecule has 1 aromatic carbocycles. The normalized spacial score (nSPS) is 14.7. The molecule has 0 unspecified atom stereocenters. The van der Waals surface area contributed by atoms with Gasteiger partial charge in [-0.2, -0.15) is 4.98 Å². The SMILES string of the molecule is COc1cc(N2CCC(Nc3nc4c(-c5ccc(F)c(F)c5)cccn4n3)CC2)ncn1. The van der Waals surface area contributed by atoms with E-state index in [0.29, 0.717) is 28.6 Å². The van der Waals surface area contributed by atoms with Crippen molar-refractivity contribution in [2.75, 3.05) is 30.4 Å². The molecule has 0 aliphatic carbocycles. The summed E-state index contributed by atoms with van der Waals surface area (Å²) in [6.07, 6.45) is 5.06. The Morgan fingerprint density at radius 1 is 1.06 bits per heavy atom. The van der Waals surface area contributed by atoms with E-state index in [1.165, 1.54) is 18.5 Å². The first-order valence-corrected chi connectivity index (χ1v) is 10.3. The van der Waals surface area contributed by atoms with E-state index in [4.69, 9.17) is 4.74 Å². The topological polar surface area (TPSA) is 80.5 Å². The van der Waals surface area contributed by atoms with Gasteiger partial charge in [-0.15, -0.1) is 5.10 Å². The van der Waals surface area contributed by atoms with Crippen molar-refractivity contribution in [1.82, 2.24) is 24.6 Å². The molecule has 0 spiro atoms. The van der Waals surface area contributed by atoms with Gasteiger partial charge < -0.3 is 15.0 Å². The number of hydrogen-bond acceptors (Lipinski definition) is 7. The maximum absolute atomic E-state index is 13.7. The first kappa shape index (κ1) is 20.1. The van der Waals surface area contributed by atoms with Crippen molar-refractivity contribution in [3.05, 3.63) is 60.6 Å². The largest absolute Gasteiger partial charge is 0.481 e. The van der Waals surface area contributed by atoms with E-state index in [1.807, 2.05) is 12.1 Å². The Hall–Kier alpha value is -3.82. The van der Waals surface area contributed by atoms with Gasteiger partial charge in [0, 0.05) is 37.0 Å². The second kappa shape index (κ2) is 8.37. The number of aromatic nitrogens is 5. The summed E-state index contributed by atoms with van der Waals surface area (Å²) in [5, 5.41) is 7.91. The minimum absolute atomic E-state index is 0.208. The monoisotopic (exact) mass is 437 g/mol. The van der Waals surface area contributed by atoms with Gasteiger partial charge in [-0.1, -0.05) is 6.07 Å². The van der Waals surface area contributed by atoms with E-state index in [-0.39, 0.29) is 6.04 Å². The number of halogens is 2. The van der Waals surface area contributed by atoms with Crippen LogP contribution in [-0.2, 0) is 0 Å². The van der Waals surface area contributed by atoms with Crippen molar-refractivity contribution >= 4 is 17.4 Å². The minimum atomic E-state index is -0.893. The Balaban J connectivity index is 1.30. The van der Waals surface area contributed by atoms with E-state index in [2.05, 4.69) is 30.3 Å². The molecule has 4 aromatic rings. The standard InChI is InChI=1S/C22H21F2N7O/c1-32-20-12-19(25-13-26-20)30-9-6-15(7-10-30)27-22-28-21-16(3-2-8-31(21)29-22)14-4-5-17(23)18(24)11-14/h2-5,8,11-13,15H,6-7,9-10H2,1H3,(H,27,29). The van der Waals surface area contributed by atoms with Crippen LogP contribution in [0.25, 0.3) is 16.8 Å². The average Bonchev–Trinajstić information content (AvgIpc) is 3.24. The number of nitrogens with one attached hydrogen (secondary N) is 1. The minimum Gasteiger partial charge on any atom is -0.481 e. The molecule has 0 atom stereocenters. The van der Waals surface area contributed by atoms with Crippen molar-refractivity contribution < 1.29 is 13.5 Å². The quantitative estimate of drug-likeness (QED) is 0.511. The Labute approximate surface area is 182 Å². The molecule has 1 fully saturated rings. The van der Waals surface area contributed by atoms with Crippen molar-refractivity contribution in [3.63, 3.8) is 0 Å². The molecule has 164 valence electrons. The van der Waals surface area contributed by atoms with Gasteiger partial charge in [0.25, 0.3) is 0 Å². The van der Waals surface area contributed by atoms with Gasteiger partial charge in [-0.05, 0) is 42.7 Å². The number of fused-ring (bicyclic) bond motifs is 1. The highest BCUT2D eigenvalue weighted by Gasteiger charge is 2.22. The number of anilines is 2. The molecule has 0 radical (unpaired) electrons. The van der Waals surface area contributed by atoms with E-state index in [0.717, 1.165) is 37.8 Å². The van der Waals surface area contributed by atoms with Gasteiger partial charge >= 0.3 is 0 Å². The molecule has 8 nitrogen and oxygen atoms in total. The highest BCUT2D eigenvalue weighted by molar-refractivity contribution is 5.77. The molecule has 1 aliphatic heterocycles. The summed E-state index contributed by atoms with van der Waals surface area (Å²) in [7, 11) is 1.59. The van der Waals surface area contributed by atoms with Crippen molar-refractivity contribution in [2.24, 2.45) is 0 Å². The molecule has 32 heavy (non-hydrogen) atoms. The first-order valence-electron chi connectivity index (χ1n) is 10.3. The Kier molecular flexibility index (Phi) is 5.26. The lowest BCUT2D eigenvalue weighted by Gasteiger charge is -2.32. The highest BCUT2D eigenvalue weighted by atomic mass is 19.2. The van der Waals surface area contributed by atoms with Crippen LogP contribution in [0.15, 0.2) is 48.9 Å². The predicted octanol–water partition coefficient (Wildman–Crippen LogP) is 3.55. The third kappa shape index (κ3) is 3.91. The van der Waals surface area contributed by atoms with Crippen LogP contribution in [-0.4, -0.2) is 50.8 Å². The van der Waals surface area contributed by atoms with Crippen LogP contribution in [0.2, 0.25) is 0 Å². The van der Waals surface area contributed by atoms with Crippen LogP contribution in [0.4, 0.5) is 20.5 Å². The zero-order valence-corrected chi connectivity index (χ0v) is 17.4. The van der Waals surface area contributed by atoms with Gasteiger partial charge in [-0.3, -0.25) is 0 Å². The van der Waals surface area contributed by atoms with Gasteiger partial charge in [0.05, 0.1) is 7.11 Å². The van der Waals surface area contributed by atoms with Crippen LogP contribution in [0, 0.1) is 11.6 Å². The molecule has 1 N–H and O–H groups in total. The molecule has 3 aromatic heterocycles. The molecule has 4 heterocycles. The Morgan fingerprint density at radius 3 is 2.69 bits per heavy atom. The van der Waals surface area contributed by atoms with Crippen molar-refractivity contribution in [2.45, 2.75) is 18.9 Å². The zero-order chi connectivity index (χ0) is 22.1. The molecule has 0 saturated carbocycles. The number of nitrogens with zero attached hydrogens (tertiary/aromatic N) is 6. The van der Waals surface area contributed by atoms with Gasteiger partial charge in [0.2, 0.25) is 11.8 Å². The summed E-state index contributed by atoms with van der Waals surface area (Å²) in [5.41, 5.74) is 1.80. The van der Waals surface area contributed by atoms with Crippen molar-refractivity contribution in [1.29, 1.82) is 0 Å². The second-order valence-corrected chi connectivity index (χ2v) is 7.58. The third-order valence-corrected chi connectivity index (χ3v) is 5.58. The van der Waals surface area contributed by atoms with Crippen LogP contribution in [0.3, 0.4) is 0 Å². The van der Waals surface area contributed by atoms with Gasteiger partial charge in [0.15, 0.2) is 17.3 Å². The maximum atomic E-state index is 13.7. The first-order chi connectivity index (χ1) is 15.6. The van der Waals surface area contributed by atoms with E-state index >= 15 is 0 Å². The number of methoxy groups -OCH3 is 1. The van der Waals surface area contributed by atoms with Crippen LogP contribution < -0.4 is 15.0 Å². The summed E-state index contributed by atoms with van der Waals surface area (Å²) in [6.45, 7) is 1.65. The molecule has 1 saturated heterocycles. The summed E-state index contributed by atoms with van der Waals surface area (Å²) < 4.78 is 33.9. The molecule has 0 bridgehead atoms. The fourth-order valence-electron chi connectivity index (χ4n) is 3.91. The zero-order valence-electron chi connectivity index (χ0n) is 17.4. The molecular formula is C22H21F2N7O. The fourth-order valence-corrected chi connectivity index (χ4v) is 3.91. The van der Waals surface area contributed by atoms with Crippen LogP contribution >= 0.6 is 0 Å². The number of ether oxygens (including phenoxy) is 1. The fraction of sp³-hybridized carbons (Fsp3) is 0.273. The number of pyridine rings is 1. The molecule has 0 amide bonds. The van der Waals surface area contributed by atoms with Crippen LogP contribution in [0.5, 0.6) is 5.88 Å². The van der Waals surface area contributed by atoms with Crippen molar-refractivity contribution in [3.8, 4) is 17.0 Å². The number of benzene rings is 1. The number of hydrogen-bond donors (Lipinski definition) is 1. The molecular weight excluding hydrogens is 416 g/mol. The van der Waals surface area contributed by atoms with E-state index < -0.39 is 11.6 Å². The highest BCUT2D eigenvalue weighted by Crippen LogP contribution is 2.27. The third-order valence-electron chi connectivity index (χ3n) is 5.58. The second-order valence-electron chi connectivity index (χ2n) is 7.58. The lowest BCUT2D eigenvalue weighted by molar-refractivity contribution is 0.396. The predicted molar refractivity (Wildman–Crippen MR) is 116 cm³/mol. The van der Waals surface area contributed by atoms with E-state index in [9.17, 15) is 8.78 Å². The summed E-state index contributed by atoms with van der Waals surface area (Å²) in [4.78, 5) is 15.2. The molecule has 5 rings (SSSR count). The van der Waals surface area contributed by atoms with Gasteiger partial charge in [-0.25, -0.2) is 23.3 Å². The number of rotatable bonds is 5. The van der Waals surface area contributed by atoms with Gasteiger partial charge in [0.1, 0.15) is 12.1 Å². The smallest absolute Gasteiger partial charge is 0.243 e. The van der Waals surface area contributed by atoms with E-state index in [1.54, 1.807) is 23.9 Å². The Bertz CT molecular complexity index is 1250. The summed E-state index contributed by atoms with van der Waals surface area (Å²) in [6, 6.07) is 9.48. The Morgan fingerprint density at radius 2 is 1.91 bits per heavy atom.